The number of ether oxygens (including phenoxy) is 2. The number of aryl methyl sites for hydroxylation is 1. The normalized spacial score (nSPS) is 15.6. The van der Waals surface area contributed by atoms with E-state index in [-0.39, 0.29) is 23.0 Å². The summed E-state index contributed by atoms with van der Waals surface area (Å²) in [5.41, 5.74) is 8.08. The third kappa shape index (κ3) is 14.6. The number of aromatic nitrogens is 1. The topological polar surface area (TPSA) is 122 Å². The summed E-state index contributed by atoms with van der Waals surface area (Å²) < 4.78 is 25.6. The molecule has 1 aliphatic carbocycles. The highest BCUT2D eigenvalue weighted by atomic mass is 35.5. The predicted octanol–water partition coefficient (Wildman–Crippen LogP) is 11.2. The minimum absolute atomic E-state index is 0.0162. The maximum absolute atomic E-state index is 15.3. The lowest BCUT2D eigenvalue weighted by atomic mass is 9.95. The third-order valence-electron chi connectivity index (χ3n) is 11.3. The van der Waals surface area contributed by atoms with Crippen LogP contribution in [0.15, 0.2) is 48.0 Å². The summed E-state index contributed by atoms with van der Waals surface area (Å²) in [5, 5.41) is 7.52. The number of rotatable bonds is 15. The Morgan fingerprint density at radius 3 is 2.31 bits per heavy atom. The summed E-state index contributed by atoms with van der Waals surface area (Å²) in [7, 11) is 4.87. The fraction of sp³-hybridized carbons (Fsp3) is 0.551. The first kappa shape index (κ1) is 52.8. The molecule has 0 fully saturated rings. The molecular formula is C49H73ClFN5O5. The fourth-order valence-corrected chi connectivity index (χ4v) is 7.32. The number of nitrogens with one attached hydrogen (secondary N) is 3. The van der Waals surface area contributed by atoms with Gasteiger partial charge in [0.1, 0.15) is 11.4 Å². The second-order valence-corrected chi connectivity index (χ2v) is 16.0. The number of benzene rings is 2. The Morgan fingerprint density at radius 1 is 1.03 bits per heavy atom. The van der Waals surface area contributed by atoms with Gasteiger partial charge >= 0.3 is 0 Å². The Balaban J connectivity index is 0.000000465. The van der Waals surface area contributed by atoms with Crippen molar-refractivity contribution < 1.29 is 28.2 Å². The van der Waals surface area contributed by atoms with Crippen molar-refractivity contribution in [1.29, 1.82) is 0 Å². The van der Waals surface area contributed by atoms with E-state index in [1.54, 1.807) is 40.3 Å². The molecule has 0 bridgehead atoms. The zero-order chi connectivity index (χ0) is 45.8. The molecule has 2 aromatic carbocycles. The van der Waals surface area contributed by atoms with E-state index < -0.39 is 17.6 Å². The molecule has 4 unspecified atom stereocenters. The number of carbonyl (C=O) groups is 3. The van der Waals surface area contributed by atoms with Gasteiger partial charge in [-0.2, -0.15) is 0 Å². The maximum atomic E-state index is 15.3. The standard InChI is InChI=1S/C29H28ClFN4O3.C14H29NO.C4H10O.C2H6/c1-15-8-9-17-14-23(34-28(38-4)24(15)17)18-6-5-7-19(26(18)30)25-16(2)22(11-10-21(25)31)33-27(36)20-12-13-32-35(3)29(20)37;1-6-11(4)9-10-13(8-3)15-14(16)12(5)7-2;1-3-4-5-2;1-2/h5-7,10-12,14-15,32H,8-9,13H2,1-4H3,(H,33,36);11-13H,6-10H2,1-5H3,(H,15,16);3-4H2,1-2H3;1-2H3. The number of hydrogen-bond donors (Lipinski definition) is 3. The molecule has 2 aliphatic rings. The van der Waals surface area contributed by atoms with Crippen LogP contribution < -0.4 is 20.8 Å². The van der Waals surface area contributed by atoms with Crippen molar-refractivity contribution in [2.24, 2.45) is 11.8 Å². The molecule has 3 aromatic rings. The smallest absolute Gasteiger partial charge is 0.273 e. The molecule has 3 N–H and O–H groups in total. The van der Waals surface area contributed by atoms with E-state index in [0.717, 1.165) is 56.6 Å². The van der Waals surface area contributed by atoms with Crippen LogP contribution in [0.4, 0.5) is 10.1 Å². The monoisotopic (exact) mass is 866 g/mol. The number of fused-ring (bicyclic) bond motifs is 1. The highest BCUT2D eigenvalue weighted by Crippen LogP contribution is 2.44. The molecule has 0 spiro atoms. The molecular weight excluding hydrogens is 793 g/mol. The third-order valence-corrected chi connectivity index (χ3v) is 11.7. The van der Waals surface area contributed by atoms with Gasteiger partial charge in [-0.05, 0) is 93.0 Å². The van der Waals surface area contributed by atoms with E-state index in [1.807, 2.05) is 32.9 Å². The van der Waals surface area contributed by atoms with Gasteiger partial charge in [0.25, 0.3) is 11.8 Å². The molecule has 338 valence electrons. The van der Waals surface area contributed by atoms with Crippen molar-refractivity contribution in [3.8, 4) is 28.3 Å². The summed E-state index contributed by atoms with van der Waals surface area (Å²) >= 11 is 6.91. The lowest BCUT2D eigenvalue weighted by molar-refractivity contribution is -0.131. The summed E-state index contributed by atoms with van der Waals surface area (Å²) in [6.07, 6.45) is 10.1. The minimum Gasteiger partial charge on any atom is -0.481 e. The second kappa shape index (κ2) is 26.9. The SMILES string of the molecule is CC.CCC(C)CCC(CC)NC(=O)C(C)CC.CCCOC.COc1nc(-c2cccc(-c3c(F)ccc(NC(=O)C4=CCNN(C)C4=O)c3C)c2Cl)cc2c1C(C)CC2. The quantitative estimate of drug-likeness (QED) is 0.130. The fourth-order valence-electron chi connectivity index (χ4n) is 7.00. The van der Waals surface area contributed by atoms with Crippen LogP contribution in [0.2, 0.25) is 5.02 Å². The Hall–Kier alpha value is -4.32. The Labute approximate surface area is 370 Å². The number of methoxy groups -OCH3 is 2. The van der Waals surface area contributed by atoms with Gasteiger partial charge in [0.2, 0.25) is 11.8 Å². The molecule has 0 radical (unpaired) electrons. The maximum Gasteiger partial charge on any atom is 0.273 e. The Bertz CT molecular complexity index is 1920. The van der Waals surface area contributed by atoms with Gasteiger partial charge in [0.05, 0.1) is 17.8 Å². The van der Waals surface area contributed by atoms with Crippen LogP contribution >= 0.6 is 11.6 Å². The van der Waals surface area contributed by atoms with Gasteiger partial charge in [0.15, 0.2) is 0 Å². The van der Waals surface area contributed by atoms with Crippen molar-refractivity contribution in [2.45, 2.75) is 133 Å². The molecule has 1 aliphatic heterocycles. The van der Waals surface area contributed by atoms with Crippen molar-refractivity contribution in [1.82, 2.24) is 20.7 Å². The van der Waals surface area contributed by atoms with Crippen LogP contribution in [0.1, 0.15) is 130 Å². The van der Waals surface area contributed by atoms with Crippen LogP contribution in [0, 0.1) is 24.6 Å². The van der Waals surface area contributed by atoms with Gasteiger partial charge in [-0.3, -0.25) is 19.4 Å². The van der Waals surface area contributed by atoms with Crippen molar-refractivity contribution >= 4 is 35.0 Å². The number of carbonyl (C=O) groups excluding carboxylic acids is 3. The highest BCUT2D eigenvalue weighted by molar-refractivity contribution is 6.36. The van der Waals surface area contributed by atoms with Crippen molar-refractivity contribution in [3.63, 3.8) is 0 Å². The Morgan fingerprint density at radius 2 is 1.72 bits per heavy atom. The van der Waals surface area contributed by atoms with Gasteiger partial charge in [-0.25, -0.2) is 14.8 Å². The largest absolute Gasteiger partial charge is 0.481 e. The van der Waals surface area contributed by atoms with Crippen LogP contribution in [-0.2, 0) is 25.5 Å². The Kier molecular flexibility index (Phi) is 23.3. The lowest BCUT2D eigenvalue weighted by Gasteiger charge is -2.23. The number of hydrogen-bond acceptors (Lipinski definition) is 7. The lowest BCUT2D eigenvalue weighted by Crippen LogP contribution is -2.46. The van der Waals surface area contributed by atoms with E-state index in [4.69, 9.17) is 26.1 Å². The molecule has 0 saturated heterocycles. The number of halogens is 2. The minimum atomic E-state index is -0.562. The van der Waals surface area contributed by atoms with Gasteiger partial charge in [-0.15, -0.1) is 0 Å². The first-order valence-corrected chi connectivity index (χ1v) is 22.5. The summed E-state index contributed by atoms with van der Waals surface area (Å²) in [6.45, 7) is 21.9. The highest BCUT2D eigenvalue weighted by Gasteiger charge is 2.28. The zero-order valence-electron chi connectivity index (χ0n) is 39.1. The van der Waals surface area contributed by atoms with Crippen LogP contribution in [0.3, 0.4) is 0 Å². The van der Waals surface area contributed by atoms with Crippen LogP contribution in [0.5, 0.6) is 5.88 Å². The average Bonchev–Trinajstić information content (AvgIpc) is 3.65. The van der Waals surface area contributed by atoms with E-state index in [9.17, 15) is 14.4 Å². The number of hydrazine groups is 1. The van der Waals surface area contributed by atoms with Crippen molar-refractivity contribution in [3.05, 3.63) is 75.6 Å². The van der Waals surface area contributed by atoms with E-state index in [0.29, 0.717) is 57.5 Å². The predicted molar refractivity (Wildman–Crippen MR) is 249 cm³/mol. The molecule has 3 amide bonds. The second-order valence-electron chi connectivity index (χ2n) is 15.6. The average molecular weight is 867 g/mol. The number of nitrogens with zero attached hydrogens (tertiary/aromatic N) is 2. The molecule has 61 heavy (non-hydrogen) atoms. The van der Waals surface area contributed by atoms with Gasteiger partial charge in [-0.1, -0.05) is 105 Å². The molecule has 12 heteroatoms. The molecule has 10 nitrogen and oxygen atoms in total. The van der Waals surface area contributed by atoms with E-state index >= 15 is 4.39 Å². The van der Waals surface area contributed by atoms with Crippen LogP contribution in [0.25, 0.3) is 22.4 Å². The first-order valence-electron chi connectivity index (χ1n) is 22.2. The molecule has 0 saturated carbocycles. The molecule has 4 atom stereocenters. The zero-order valence-corrected chi connectivity index (χ0v) is 39.9. The van der Waals surface area contributed by atoms with Crippen molar-refractivity contribution in [2.75, 3.05) is 39.7 Å². The first-order chi connectivity index (χ1) is 29.2. The molecule has 5 rings (SSSR count). The molecule has 2 heterocycles. The van der Waals surface area contributed by atoms with Gasteiger partial charge in [0, 0.05) is 67.2 Å². The van der Waals surface area contributed by atoms with E-state index in [2.05, 4.69) is 57.6 Å². The summed E-state index contributed by atoms with van der Waals surface area (Å²) in [5.74, 6) is 0.608. The molecule has 1 aromatic heterocycles. The summed E-state index contributed by atoms with van der Waals surface area (Å²) in [4.78, 5) is 41.8. The van der Waals surface area contributed by atoms with E-state index in [1.165, 1.54) is 41.6 Å². The number of pyridine rings is 1. The van der Waals surface area contributed by atoms with Crippen LogP contribution in [-0.4, -0.2) is 68.2 Å². The number of likely N-dealkylation sites (N-methyl/N-ethyl adjacent to an activating group) is 1. The number of amides is 3. The number of anilines is 1. The van der Waals surface area contributed by atoms with Gasteiger partial charge < -0.3 is 20.1 Å². The summed E-state index contributed by atoms with van der Waals surface area (Å²) in [6, 6.07) is 10.6.